The maximum atomic E-state index is 12.9. The van der Waals surface area contributed by atoms with Crippen LogP contribution in [-0.4, -0.2) is 49.0 Å². The monoisotopic (exact) mass is 441 g/mol. The first kappa shape index (κ1) is 22.4. The lowest BCUT2D eigenvalue weighted by Crippen LogP contribution is -3.16. The van der Waals surface area contributed by atoms with Crippen LogP contribution in [0.25, 0.3) is 0 Å². The number of methoxy groups -OCH3 is 2. The van der Waals surface area contributed by atoms with Gasteiger partial charge in [-0.25, -0.2) is 0 Å². The fourth-order valence-corrected chi connectivity index (χ4v) is 5.49. The van der Waals surface area contributed by atoms with E-state index in [0.29, 0.717) is 25.3 Å². The molecule has 32 heavy (non-hydrogen) atoms. The van der Waals surface area contributed by atoms with E-state index in [9.17, 15) is 15.0 Å². The number of amides is 1. The first-order chi connectivity index (χ1) is 15.4. The van der Waals surface area contributed by atoms with Crippen LogP contribution in [0.3, 0.4) is 0 Å². The molecular weight excluding hydrogens is 408 g/mol. The molecule has 2 aromatic carbocycles. The van der Waals surface area contributed by atoms with Gasteiger partial charge in [0.15, 0.2) is 18.0 Å². The van der Waals surface area contributed by atoms with E-state index in [-0.39, 0.29) is 23.6 Å². The third-order valence-corrected chi connectivity index (χ3v) is 7.11. The second-order valence-corrected chi connectivity index (χ2v) is 8.98. The van der Waals surface area contributed by atoms with Crippen molar-refractivity contribution in [2.75, 3.05) is 32.6 Å². The third kappa shape index (κ3) is 4.54. The quantitative estimate of drug-likeness (QED) is 0.552. The van der Waals surface area contributed by atoms with E-state index in [1.54, 1.807) is 13.2 Å². The van der Waals surface area contributed by atoms with Gasteiger partial charge in [-0.3, -0.25) is 4.79 Å². The van der Waals surface area contributed by atoms with Crippen molar-refractivity contribution in [2.24, 2.45) is 5.92 Å². The van der Waals surface area contributed by atoms with Crippen molar-refractivity contribution in [1.29, 1.82) is 0 Å². The standard InChI is InChI=1S/C25H32N2O5/c1-31-19-9-7-18(8-10-19)26-23(29)16-27-14-13-25(30)12-4-3-5-20(25)24(27)17-6-11-21(28)22(15-17)32-2/h6-11,15,20,24,28,30H,3-5,12-14,16H2,1-2H3,(H,26,29)/p+1/t20-,24+,25+/m1/s1. The van der Waals surface area contributed by atoms with E-state index in [0.717, 1.165) is 47.6 Å². The lowest BCUT2D eigenvalue weighted by atomic mass is 9.66. The number of aliphatic hydroxyl groups is 1. The van der Waals surface area contributed by atoms with E-state index in [4.69, 9.17) is 9.47 Å². The number of phenolic OH excluding ortho intramolecular Hbond substituents is 1. The molecule has 1 aliphatic carbocycles. The second-order valence-electron chi connectivity index (χ2n) is 8.98. The Morgan fingerprint density at radius 3 is 2.62 bits per heavy atom. The van der Waals surface area contributed by atoms with Gasteiger partial charge in [-0.15, -0.1) is 0 Å². The Balaban J connectivity index is 1.58. The molecule has 4 N–H and O–H groups in total. The van der Waals surface area contributed by atoms with Crippen LogP contribution >= 0.6 is 0 Å². The van der Waals surface area contributed by atoms with Crippen molar-refractivity contribution in [1.82, 2.24) is 0 Å². The molecule has 0 radical (unpaired) electrons. The molecule has 1 saturated carbocycles. The molecular formula is C25H33N2O5+. The topological polar surface area (TPSA) is 92.5 Å². The van der Waals surface area contributed by atoms with E-state index >= 15 is 0 Å². The van der Waals surface area contributed by atoms with Gasteiger partial charge in [0.05, 0.1) is 26.4 Å². The number of rotatable bonds is 6. The van der Waals surface area contributed by atoms with Crippen molar-refractivity contribution >= 4 is 11.6 Å². The number of aromatic hydroxyl groups is 1. The number of hydrogen-bond acceptors (Lipinski definition) is 5. The number of phenols is 1. The Hall–Kier alpha value is -2.77. The van der Waals surface area contributed by atoms with E-state index in [1.807, 2.05) is 36.4 Å². The fraction of sp³-hybridized carbons (Fsp3) is 0.480. The smallest absolute Gasteiger partial charge is 0.279 e. The third-order valence-electron chi connectivity index (χ3n) is 7.11. The predicted molar refractivity (Wildman–Crippen MR) is 121 cm³/mol. The molecule has 4 rings (SSSR count). The summed E-state index contributed by atoms with van der Waals surface area (Å²) in [4.78, 5) is 14.1. The molecule has 0 spiro atoms. The molecule has 1 amide bonds. The summed E-state index contributed by atoms with van der Waals surface area (Å²) in [7, 11) is 3.14. The summed E-state index contributed by atoms with van der Waals surface area (Å²) >= 11 is 0. The highest BCUT2D eigenvalue weighted by Crippen LogP contribution is 2.45. The van der Waals surface area contributed by atoms with Crippen molar-refractivity contribution in [3.8, 4) is 17.2 Å². The van der Waals surface area contributed by atoms with Gasteiger partial charge in [-0.05, 0) is 55.3 Å². The Bertz CT molecular complexity index is 948. The molecule has 0 aromatic heterocycles. The number of carbonyl (C=O) groups is 1. The fourth-order valence-electron chi connectivity index (χ4n) is 5.49. The number of benzene rings is 2. The van der Waals surface area contributed by atoms with E-state index in [1.165, 1.54) is 7.11 Å². The highest BCUT2D eigenvalue weighted by atomic mass is 16.5. The minimum atomic E-state index is -0.704. The summed E-state index contributed by atoms with van der Waals surface area (Å²) in [5.74, 6) is 1.23. The maximum absolute atomic E-state index is 12.9. The van der Waals surface area contributed by atoms with Gasteiger partial charge in [0.2, 0.25) is 0 Å². The van der Waals surface area contributed by atoms with Crippen LogP contribution in [0.5, 0.6) is 17.2 Å². The molecule has 1 unspecified atom stereocenters. The summed E-state index contributed by atoms with van der Waals surface area (Å²) in [6.45, 7) is 1.00. The Morgan fingerprint density at radius 1 is 1.12 bits per heavy atom. The first-order valence-electron chi connectivity index (χ1n) is 11.3. The average Bonchev–Trinajstić information content (AvgIpc) is 2.80. The zero-order chi connectivity index (χ0) is 22.7. The van der Waals surface area contributed by atoms with Gasteiger partial charge in [0.1, 0.15) is 11.8 Å². The largest absolute Gasteiger partial charge is 0.504 e. The molecule has 2 aromatic rings. The Kier molecular flexibility index (Phi) is 6.58. The van der Waals surface area contributed by atoms with Crippen LogP contribution in [0.15, 0.2) is 42.5 Å². The molecule has 7 heteroatoms. The lowest BCUT2D eigenvalue weighted by Gasteiger charge is -2.50. The summed E-state index contributed by atoms with van der Waals surface area (Å²) in [6.07, 6.45) is 4.52. The van der Waals surface area contributed by atoms with Gasteiger partial charge < -0.3 is 29.9 Å². The van der Waals surface area contributed by atoms with Gasteiger partial charge in [-0.1, -0.05) is 12.8 Å². The first-order valence-corrected chi connectivity index (χ1v) is 11.3. The molecule has 1 saturated heterocycles. The van der Waals surface area contributed by atoms with E-state index < -0.39 is 5.60 Å². The number of fused-ring (bicyclic) bond motifs is 1. The minimum Gasteiger partial charge on any atom is -0.504 e. The van der Waals surface area contributed by atoms with Crippen molar-refractivity contribution in [3.05, 3.63) is 48.0 Å². The van der Waals surface area contributed by atoms with Gasteiger partial charge in [0.25, 0.3) is 5.91 Å². The molecule has 1 heterocycles. The van der Waals surface area contributed by atoms with E-state index in [2.05, 4.69) is 5.32 Å². The number of ether oxygens (including phenoxy) is 2. The SMILES string of the molecule is COc1ccc(NC(=O)C[NH+]2CC[C@@]3(O)CCCC[C@@H]3[C@@H]2c2ccc(O)c(OC)c2)cc1. The summed E-state index contributed by atoms with van der Waals surface area (Å²) in [5.41, 5.74) is 1.01. The van der Waals surface area contributed by atoms with Crippen LogP contribution in [-0.2, 0) is 4.79 Å². The highest BCUT2D eigenvalue weighted by Gasteiger charge is 2.52. The van der Waals surface area contributed by atoms with Crippen molar-refractivity contribution < 1.29 is 29.4 Å². The van der Waals surface area contributed by atoms with Crippen LogP contribution in [0.2, 0.25) is 0 Å². The Labute approximate surface area is 189 Å². The molecule has 172 valence electrons. The van der Waals surface area contributed by atoms with Crippen molar-refractivity contribution in [3.63, 3.8) is 0 Å². The number of nitrogens with one attached hydrogen (secondary N) is 2. The number of quaternary nitrogens is 1. The molecule has 4 atom stereocenters. The lowest BCUT2D eigenvalue weighted by molar-refractivity contribution is -0.937. The predicted octanol–water partition coefficient (Wildman–Crippen LogP) is 2.30. The highest BCUT2D eigenvalue weighted by molar-refractivity contribution is 5.91. The van der Waals surface area contributed by atoms with Gasteiger partial charge in [-0.2, -0.15) is 0 Å². The molecule has 1 aliphatic heterocycles. The molecule has 2 aliphatic rings. The van der Waals surface area contributed by atoms with Gasteiger partial charge >= 0.3 is 0 Å². The van der Waals surface area contributed by atoms with Crippen molar-refractivity contribution in [2.45, 2.75) is 43.7 Å². The molecule has 0 bridgehead atoms. The maximum Gasteiger partial charge on any atom is 0.279 e. The van der Waals surface area contributed by atoms with Crippen LogP contribution < -0.4 is 19.7 Å². The minimum absolute atomic E-state index is 0.0508. The zero-order valence-electron chi connectivity index (χ0n) is 18.8. The van der Waals surface area contributed by atoms with Gasteiger partial charge in [0, 0.05) is 23.6 Å². The second kappa shape index (κ2) is 9.38. The van der Waals surface area contributed by atoms with Crippen LogP contribution in [0, 0.1) is 5.92 Å². The number of hydrogen-bond donors (Lipinski definition) is 4. The number of carbonyl (C=O) groups excluding carboxylic acids is 1. The molecule has 7 nitrogen and oxygen atoms in total. The normalized spacial score (nSPS) is 27.3. The summed E-state index contributed by atoms with van der Waals surface area (Å²) in [6, 6.07) is 12.6. The summed E-state index contributed by atoms with van der Waals surface area (Å²) in [5, 5.41) is 24.5. The number of anilines is 1. The molecule has 2 fully saturated rings. The Morgan fingerprint density at radius 2 is 1.91 bits per heavy atom. The number of likely N-dealkylation sites (tertiary alicyclic amines) is 1. The zero-order valence-corrected chi connectivity index (χ0v) is 18.8. The number of piperidine rings is 1. The summed E-state index contributed by atoms with van der Waals surface area (Å²) < 4.78 is 10.5. The van der Waals surface area contributed by atoms with Crippen LogP contribution in [0.1, 0.15) is 43.7 Å². The van der Waals surface area contributed by atoms with Crippen LogP contribution in [0.4, 0.5) is 5.69 Å². The average molecular weight is 442 g/mol.